The van der Waals surface area contributed by atoms with E-state index >= 15 is 0 Å². The number of halogens is 4. The van der Waals surface area contributed by atoms with Crippen LogP contribution in [0.4, 0.5) is 13.2 Å². The van der Waals surface area contributed by atoms with Gasteiger partial charge in [0, 0.05) is 11.6 Å². The van der Waals surface area contributed by atoms with Crippen LogP contribution in [0, 0.1) is 0 Å². The second kappa shape index (κ2) is 8.56. The smallest absolute Gasteiger partial charge is 0.350 e. The number of carbonyl (C=O) groups excluding carboxylic acids is 1. The van der Waals surface area contributed by atoms with Gasteiger partial charge < -0.3 is 10.2 Å². The molecule has 2 heterocycles. The fourth-order valence-corrected chi connectivity index (χ4v) is 3.75. The summed E-state index contributed by atoms with van der Waals surface area (Å²) in [6, 6.07) is 7.49. The van der Waals surface area contributed by atoms with Crippen molar-refractivity contribution in [2.45, 2.75) is 12.2 Å². The zero-order valence-electron chi connectivity index (χ0n) is 15.6. The van der Waals surface area contributed by atoms with E-state index in [9.17, 15) is 18.0 Å². The summed E-state index contributed by atoms with van der Waals surface area (Å²) in [5, 5.41) is 10.6. The minimum absolute atomic E-state index is 0.158. The van der Waals surface area contributed by atoms with Crippen LogP contribution in [0.25, 0.3) is 5.69 Å². The summed E-state index contributed by atoms with van der Waals surface area (Å²) in [6.07, 6.45) is -3.83. The second-order valence-corrected chi connectivity index (χ2v) is 7.76. The van der Waals surface area contributed by atoms with Crippen LogP contribution in [0.3, 0.4) is 0 Å². The summed E-state index contributed by atoms with van der Waals surface area (Å²) in [6.45, 7) is 0.159. The summed E-state index contributed by atoms with van der Waals surface area (Å²) >= 11 is 7.32. The Hall–Kier alpha value is -2.36. The summed E-state index contributed by atoms with van der Waals surface area (Å²) in [4.78, 5) is 14.5. The van der Waals surface area contributed by atoms with Gasteiger partial charge >= 0.3 is 6.18 Å². The first-order valence-corrected chi connectivity index (χ1v) is 9.88. The van der Waals surface area contributed by atoms with Crippen LogP contribution in [-0.4, -0.2) is 41.2 Å². The van der Waals surface area contributed by atoms with Crippen molar-refractivity contribution in [3.63, 3.8) is 0 Å². The molecule has 0 spiro atoms. The normalized spacial score (nSPS) is 12.9. The Morgan fingerprint density at radius 3 is 2.52 bits per heavy atom. The molecule has 0 aliphatic carbocycles. The minimum atomic E-state index is -4.77. The number of hydrogen-bond donors (Lipinski definition) is 1. The Balaban J connectivity index is 1.88. The number of thiophene rings is 1. The van der Waals surface area contributed by atoms with E-state index in [0.29, 0.717) is 9.70 Å². The molecule has 0 saturated carbocycles. The number of carbonyl (C=O) groups is 1. The molecule has 2 aromatic heterocycles. The second-order valence-electron chi connectivity index (χ2n) is 6.54. The average Bonchev–Trinajstić information content (AvgIpc) is 3.31. The molecule has 3 aromatic rings. The van der Waals surface area contributed by atoms with Crippen molar-refractivity contribution in [2.24, 2.45) is 0 Å². The lowest BCUT2D eigenvalue weighted by Crippen LogP contribution is -2.35. The fraction of sp³-hybridized carbons (Fsp3) is 0.263. The number of rotatable bonds is 6. The van der Waals surface area contributed by atoms with Gasteiger partial charge in [0.15, 0.2) is 5.69 Å². The molecule has 1 unspecified atom stereocenters. The van der Waals surface area contributed by atoms with E-state index in [-0.39, 0.29) is 18.3 Å². The molecule has 1 aromatic carbocycles. The fourth-order valence-electron chi connectivity index (χ4n) is 2.91. The van der Waals surface area contributed by atoms with Gasteiger partial charge in [0.25, 0.3) is 5.91 Å². The van der Waals surface area contributed by atoms with Crippen LogP contribution < -0.4 is 5.32 Å². The molecule has 3 rings (SSSR count). The van der Waals surface area contributed by atoms with Crippen molar-refractivity contribution in [1.82, 2.24) is 20.0 Å². The van der Waals surface area contributed by atoms with Gasteiger partial charge in [0.2, 0.25) is 0 Å². The lowest BCUT2D eigenvalue weighted by Gasteiger charge is -2.24. The summed E-state index contributed by atoms with van der Waals surface area (Å²) < 4.78 is 41.9. The molecule has 5 nitrogen and oxygen atoms in total. The van der Waals surface area contributed by atoms with Crippen LogP contribution in [-0.2, 0) is 6.18 Å². The van der Waals surface area contributed by atoms with Gasteiger partial charge in [-0.2, -0.15) is 29.6 Å². The van der Waals surface area contributed by atoms with E-state index in [4.69, 9.17) is 11.6 Å². The maximum Gasteiger partial charge on any atom is 0.434 e. The van der Waals surface area contributed by atoms with Crippen molar-refractivity contribution in [3.05, 3.63) is 69.1 Å². The number of nitrogens with zero attached hydrogens (tertiary/aromatic N) is 3. The lowest BCUT2D eigenvalue weighted by atomic mass is 10.1. The van der Waals surface area contributed by atoms with Crippen molar-refractivity contribution >= 4 is 28.8 Å². The van der Waals surface area contributed by atoms with Crippen molar-refractivity contribution in [3.8, 4) is 5.69 Å². The molecule has 0 fully saturated rings. The van der Waals surface area contributed by atoms with Crippen LogP contribution in [0.1, 0.15) is 27.7 Å². The molecule has 1 N–H and O–H groups in total. The molecule has 1 amide bonds. The number of benzene rings is 1. The monoisotopic (exact) mass is 442 g/mol. The van der Waals surface area contributed by atoms with Crippen LogP contribution in [0.15, 0.2) is 47.3 Å². The van der Waals surface area contributed by atoms with Gasteiger partial charge in [-0.25, -0.2) is 4.68 Å². The van der Waals surface area contributed by atoms with E-state index in [1.54, 1.807) is 0 Å². The highest BCUT2D eigenvalue weighted by Gasteiger charge is 2.40. The molecule has 10 heteroatoms. The highest BCUT2D eigenvalue weighted by atomic mass is 35.5. The maximum absolute atomic E-state index is 13.7. The Kier molecular flexibility index (Phi) is 6.30. The van der Waals surface area contributed by atoms with Crippen LogP contribution in [0.5, 0.6) is 0 Å². The predicted octanol–water partition coefficient (Wildman–Crippen LogP) is 4.64. The van der Waals surface area contributed by atoms with Crippen molar-refractivity contribution in [2.75, 3.05) is 20.6 Å². The third kappa shape index (κ3) is 4.80. The number of nitrogens with one attached hydrogen (secondary N) is 1. The van der Waals surface area contributed by atoms with Gasteiger partial charge in [0.05, 0.1) is 23.5 Å². The molecular weight excluding hydrogens is 425 g/mol. The number of aromatic nitrogens is 2. The van der Waals surface area contributed by atoms with Crippen molar-refractivity contribution in [1.29, 1.82) is 0 Å². The average molecular weight is 443 g/mol. The Bertz CT molecular complexity index is 969. The number of likely N-dealkylation sites (N-methyl/N-ethyl adjacent to an activating group) is 1. The largest absolute Gasteiger partial charge is 0.434 e. The number of amides is 1. The maximum atomic E-state index is 13.7. The van der Waals surface area contributed by atoms with Gasteiger partial charge in [0.1, 0.15) is 0 Å². The lowest BCUT2D eigenvalue weighted by molar-refractivity contribution is -0.143. The number of alkyl halides is 3. The molecular formula is C19H18ClF3N4OS. The van der Waals surface area contributed by atoms with E-state index in [0.717, 1.165) is 11.8 Å². The molecule has 0 bridgehead atoms. The Labute approximate surface area is 174 Å². The van der Waals surface area contributed by atoms with Crippen LogP contribution >= 0.6 is 22.9 Å². The summed E-state index contributed by atoms with van der Waals surface area (Å²) in [7, 11) is 3.68. The highest BCUT2D eigenvalue weighted by Crippen LogP contribution is 2.34. The molecule has 0 aliphatic heterocycles. The molecule has 29 heavy (non-hydrogen) atoms. The molecule has 0 radical (unpaired) electrons. The van der Waals surface area contributed by atoms with Gasteiger partial charge in [-0.15, -0.1) is 0 Å². The first-order chi connectivity index (χ1) is 13.7. The first kappa shape index (κ1) is 21.4. The number of hydrogen-bond acceptors (Lipinski definition) is 4. The van der Waals surface area contributed by atoms with E-state index in [1.807, 2.05) is 35.8 Å². The molecule has 0 aliphatic rings. The standard InChI is InChI=1S/C19H18ClF3N4OS/c1-26(2)16(12-7-8-29-11-12)10-24-18(28)15-9-25-27(17(15)19(21,22)23)14-5-3-13(20)4-6-14/h3-9,11,16H,10H2,1-2H3,(H,24,28). The highest BCUT2D eigenvalue weighted by molar-refractivity contribution is 7.08. The first-order valence-electron chi connectivity index (χ1n) is 8.56. The third-order valence-electron chi connectivity index (χ3n) is 4.36. The summed E-state index contributed by atoms with van der Waals surface area (Å²) in [5.41, 5.74) is -0.525. The SMILES string of the molecule is CN(C)C(CNC(=O)c1cnn(-c2ccc(Cl)cc2)c1C(F)(F)F)c1ccsc1. The zero-order valence-corrected chi connectivity index (χ0v) is 17.1. The minimum Gasteiger partial charge on any atom is -0.350 e. The quantitative estimate of drug-likeness (QED) is 0.605. The Morgan fingerprint density at radius 2 is 1.97 bits per heavy atom. The van der Waals surface area contributed by atoms with Gasteiger partial charge in [-0.1, -0.05) is 11.6 Å². The van der Waals surface area contributed by atoms with E-state index < -0.39 is 23.3 Å². The molecule has 154 valence electrons. The third-order valence-corrected chi connectivity index (χ3v) is 5.31. The van der Waals surface area contributed by atoms with Gasteiger partial charge in [-0.3, -0.25) is 4.79 Å². The van der Waals surface area contributed by atoms with E-state index in [1.165, 1.54) is 35.6 Å². The Morgan fingerprint density at radius 1 is 1.28 bits per heavy atom. The van der Waals surface area contributed by atoms with E-state index in [2.05, 4.69) is 10.4 Å². The summed E-state index contributed by atoms with van der Waals surface area (Å²) in [5.74, 6) is -0.834. The molecule has 0 saturated heterocycles. The van der Waals surface area contributed by atoms with Crippen molar-refractivity contribution < 1.29 is 18.0 Å². The zero-order chi connectivity index (χ0) is 21.2. The topological polar surface area (TPSA) is 50.2 Å². The van der Waals surface area contributed by atoms with Gasteiger partial charge in [-0.05, 0) is 60.8 Å². The van der Waals surface area contributed by atoms with Crippen LogP contribution in [0.2, 0.25) is 5.02 Å². The molecule has 1 atom stereocenters. The predicted molar refractivity (Wildman–Crippen MR) is 107 cm³/mol.